The summed E-state index contributed by atoms with van der Waals surface area (Å²) in [5.74, 6) is 0.639. The van der Waals surface area contributed by atoms with E-state index in [4.69, 9.17) is 4.74 Å². The van der Waals surface area contributed by atoms with Crippen molar-refractivity contribution < 1.29 is 14.3 Å². The molecule has 34 heavy (non-hydrogen) atoms. The molecule has 174 valence electrons. The summed E-state index contributed by atoms with van der Waals surface area (Å²) in [6, 6.07) is 18.1. The minimum atomic E-state index is -0.538. The van der Waals surface area contributed by atoms with Crippen LogP contribution in [0.2, 0.25) is 0 Å². The molecular weight excluding hydrogens is 446 g/mol. The number of methoxy groups -OCH3 is 1. The number of fused-ring (bicyclic) bond motifs is 1. The van der Waals surface area contributed by atoms with Crippen molar-refractivity contribution in [3.63, 3.8) is 0 Å². The lowest BCUT2D eigenvalue weighted by Gasteiger charge is -2.36. The predicted molar refractivity (Wildman–Crippen MR) is 137 cm³/mol. The van der Waals surface area contributed by atoms with Gasteiger partial charge < -0.3 is 15.4 Å². The Morgan fingerprint density at radius 1 is 1.09 bits per heavy atom. The fourth-order valence-electron chi connectivity index (χ4n) is 4.85. The van der Waals surface area contributed by atoms with Crippen molar-refractivity contribution in [1.82, 2.24) is 0 Å². The lowest BCUT2D eigenvalue weighted by atomic mass is 9.74. The summed E-state index contributed by atoms with van der Waals surface area (Å²) in [7, 11) is 1.57. The monoisotopic (exact) mass is 473 g/mol. The second-order valence-electron chi connectivity index (χ2n) is 9.39. The average Bonchev–Trinajstić information content (AvgIpc) is 3.28. The van der Waals surface area contributed by atoms with Gasteiger partial charge in [-0.3, -0.25) is 9.69 Å². The number of ether oxygens (including phenoxy) is 1. The molecule has 3 aromatic rings. The number of hydrogen-bond acceptors (Lipinski definition) is 5. The average molecular weight is 474 g/mol. The van der Waals surface area contributed by atoms with E-state index in [1.807, 2.05) is 53.9 Å². The molecule has 6 nitrogen and oxygen atoms in total. The second kappa shape index (κ2) is 8.65. The van der Waals surface area contributed by atoms with Crippen molar-refractivity contribution in [2.24, 2.45) is 5.41 Å². The smallest absolute Gasteiger partial charge is 0.327 e. The Kier molecular flexibility index (Phi) is 5.65. The molecule has 5 rings (SSSR count). The molecule has 1 aliphatic heterocycles. The summed E-state index contributed by atoms with van der Waals surface area (Å²) in [6.45, 7) is 4.22. The molecule has 2 heterocycles. The van der Waals surface area contributed by atoms with Crippen LogP contribution in [0.5, 0.6) is 5.75 Å². The third-order valence-corrected chi connectivity index (χ3v) is 7.21. The Morgan fingerprint density at radius 3 is 2.62 bits per heavy atom. The largest absolute Gasteiger partial charge is 0.495 e. The number of hydrogen-bond donors (Lipinski definition) is 2. The molecular formula is C27H27N3O3S. The number of carbonyl (C=O) groups is 2. The molecule has 0 saturated carbocycles. The zero-order valence-electron chi connectivity index (χ0n) is 19.4. The molecule has 7 heteroatoms. The fraction of sp³-hybridized carbons (Fsp3) is 0.259. The SMILES string of the molecule is COc1ccccc1NC(=O)N1c2ccccc2NC2=C(C(=O)CC(C)(C)C2)[C@@H]1c1cccs1. The minimum absolute atomic E-state index is 0.0695. The highest BCUT2D eigenvalue weighted by Gasteiger charge is 2.43. The van der Waals surface area contributed by atoms with Gasteiger partial charge in [-0.05, 0) is 47.5 Å². The van der Waals surface area contributed by atoms with Gasteiger partial charge in [-0.2, -0.15) is 0 Å². The van der Waals surface area contributed by atoms with E-state index in [0.717, 1.165) is 22.7 Å². The number of allylic oxidation sites excluding steroid dienone is 1. The Labute approximate surface area is 203 Å². The van der Waals surface area contributed by atoms with E-state index in [2.05, 4.69) is 24.5 Å². The fourth-order valence-corrected chi connectivity index (χ4v) is 5.67. The third kappa shape index (κ3) is 3.96. The quantitative estimate of drug-likeness (QED) is 0.449. The zero-order chi connectivity index (χ0) is 23.9. The molecule has 0 saturated heterocycles. The normalized spacial score (nSPS) is 19.0. The van der Waals surface area contributed by atoms with Gasteiger partial charge in [-0.15, -0.1) is 11.3 Å². The van der Waals surface area contributed by atoms with Crippen LogP contribution in [0, 0.1) is 5.41 Å². The Bertz CT molecular complexity index is 1280. The molecule has 0 spiro atoms. The highest BCUT2D eigenvalue weighted by Crippen LogP contribution is 2.49. The number of anilines is 3. The number of urea groups is 1. The van der Waals surface area contributed by atoms with E-state index in [9.17, 15) is 9.59 Å². The Hall–Kier alpha value is -3.58. The molecule has 1 atom stereocenters. The van der Waals surface area contributed by atoms with Crippen LogP contribution >= 0.6 is 11.3 Å². The number of rotatable bonds is 3. The first-order valence-corrected chi connectivity index (χ1v) is 12.1. The van der Waals surface area contributed by atoms with E-state index < -0.39 is 6.04 Å². The first-order chi connectivity index (χ1) is 16.4. The van der Waals surface area contributed by atoms with Crippen LogP contribution in [-0.4, -0.2) is 18.9 Å². The van der Waals surface area contributed by atoms with Crippen molar-refractivity contribution in [3.05, 3.63) is 82.2 Å². The number of para-hydroxylation sites is 4. The molecule has 2 aromatic carbocycles. The summed E-state index contributed by atoms with van der Waals surface area (Å²) >= 11 is 1.55. The maximum atomic E-state index is 14.0. The van der Waals surface area contributed by atoms with E-state index in [0.29, 0.717) is 29.1 Å². The molecule has 0 fully saturated rings. The number of Topliss-reactive ketones (excluding diaryl/α,β-unsaturated/α-hetero) is 1. The number of thiophene rings is 1. The first-order valence-electron chi connectivity index (χ1n) is 11.3. The number of ketones is 1. The molecule has 2 amide bonds. The zero-order valence-corrected chi connectivity index (χ0v) is 20.2. The summed E-state index contributed by atoms with van der Waals surface area (Å²) in [5.41, 5.74) is 3.47. The predicted octanol–water partition coefficient (Wildman–Crippen LogP) is 6.61. The molecule has 0 radical (unpaired) electrons. The second-order valence-corrected chi connectivity index (χ2v) is 10.4. The van der Waals surface area contributed by atoms with Gasteiger partial charge >= 0.3 is 6.03 Å². The van der Waals surface area contributed by atoms with Gasteiger partial charge in [0.2, 0.25) is 0 Å². The van der Waals surface area contributed by atoms with Gasteiger partial charge in [0.15, 0.2) is 5.78 Å². The topological polar surface area (TPSA) is 70.7 Å². The van der Waals surface area contributed by atoms with Crippen molar-refractivity contribution in [2.75, 3.05) is 22.6 Å². The first kappa shape index (κ1) is 22.2. The van der Waals surface area contributed by atoms with E-state index in [1.165, 1.54) is 0 Å². The van der Waals surface area contributed by atoms with Gasteiger partial charge in [0.05, 0.1) is 24.2 Å². The summed E-state index contributed by atoms with van der Waals surface area (Å²) in [6.07, 6.45) is 1.17. The lowest BCUT2D eigenvalue weighted by molar-refractivity contribution is -0.118. The number of nitrogens with one attached hydrogen (secondary N) is 2. The van der Waals surface area contributed by atoms with Gasteiger partial charge in [0.25, 0.3) is 0 Å². The van der Waals surface area contributed by atoms with E-state index in [-0.39, 0.29) is 17.2 Å². The molecule has 2 N–H and O–H groups in total. The minimum Gasteiger partial charge on any atom is -0.495 e. The lowest BCUT2D eigenvalue weighted by Crippen LogP contribution is -2.41. The van der Waals surface area contributed by atoms with Crippen LogP contribution in [0.3, 0.4) is 0 Å². The molecule has 2 aliphatic rings. The summed E-state index contributed by atoms with van der Waals surface area (Å²) < 4.78 is 5.45. The van der Waals surface area contributed by atoms with Crippen LogP contribution in [0.4, 0.5) is 21.9 Å². The summed E-state index contributed by atoms with van der Waals surface area (Å²) in [4.78, 5) is 30.2. The van der Waals surface area contributed by atoms with Crippen LogP contribution in [0.25, 0.3) is 0 Å². The van der Waals surface area contributed by atoms with E-state index in [1.54, 1.807) is 35.5 Å². The maximum Gasteiger partial charge on any atom is 0.327 e. The van der Waals surface area contributed by atoms with Gasteiger partial charge in [-0.25, -0.2) is 4.79 Å². The molecule has 0 unspecified atom stereocenters. The molecule has 1 aliphatic carbocycles. The van der Waals surface area contributed by atoms with Crippen molar-refractivity contribution in [1.29, 1.82) is 0 Å². The number of amides is 2. The van der Waals surface area contributed by atoms with E-state index >= 15 is 0 Å². The van der Waals surface area contributed by atoms with Crippen LogP contribution in [0.15, 0.2) is 77.3 Å². The van der Waals surface area contributed by atoms with Gasteiger partial charge in [0, 0.05) is 22.6 Å². The van der Waals surface area contributed by atoms with Crippen LogP contribution in [0.1, 0.15) is 37.6 Å². The Morgan fingerprint density at radius 2 is 1.85 bits per heavy atom. The van der Waals surface area contributed by atoms with Gasteiger partial charge in [-0.1, -0.05) is 44.2 Å². The van der Waals surface area contributed by atoms with Crippen molar-refractivity contribution in [2.45, 2.75) is 32.7 Å². The maximum absolute atomic E-state index is 14.0. The number of nitrogens with zero attached hydrogens (tertiary/aromatic N) is 1. The molecule has 0 bridgehead atoms. The van der Waals surface area contributed by atoms with Crippen molar-refractivity contribution in [3.8, 4) is 5.75 Å². The van der Waals surface area contributed by atoms with Crippen molar-refractivity contribution >= 4 is 40.2 Å². The Balaban J connectivity index is 1.69. The highest BCUT2D eigenvalue weighted by atomic mass is 32.1. The number of carbonyl (C=O) groups excluding carboxylic acids is 2. The number of benzene rings is 2. The summed E-state index contributed by atoms with van der Waals surface area (Å²) in [5, 5.41) is 8.53. The van der Waals surface area contributed by atoms with Crippen LogP contribution < -0.4 is 20.3 Å². The van der Waals surface area contributed by atoms with Crippen LogP contribution in [-0.2, 0) is 4.79 Å². The molecule has 1 aromatic heterocycles. The third-order valence-electron chi connectivity index (χ3n) is 6.28. The highest BCUT2D eigenvalue weighted by molar-refractivity contribution is 7.10. The standard InChI is InChI=1S/C27H27N3O3S/c1-27(2)15-19-24(21(31)16-27)25(23-13-8-14-34-23)30(20-11-6-4-9-17(20)28-19)26(32)29-18-10-5-7-12-22(18)33-3/h4-14,25,28H,15-16H2,1-3H3,(H,29,32)/t25-/m0/s1. The van der Waals surface area contributed by atoms with Gasteiger partial charge in [0.1, 0.15) is 11.8 Å².